The quantitative estimate of drug-likeness (QED) is 0.260. The van der Waals surface area contributed by atoms with Crippen molar-refractivity contribution in [2.24, 2.45) is 0 Å². The molecule has 4 heteroatoms. The van der Waals surface area contributed by atoms with Gasteiger partial charge in [0, 0.05) is 0 Å². The molecule has 4 aromatic carbocycles. The Labute approximate surface area is 178 Å². The third-order valence-corrected chi connectivity index (χ3v) is 2.67. The molecule has 0 bridgehead atoms. The van der Waals surface area contributed by atoms with E-state index >= 15 is 0 Å². The maximum atomic E-state index is 8.35. The largest absolute Gasteiger partial charge is 0.231 e. The molecule has 0 radical (unpaired) electrons. The van der Waals surface area contributed by atoms with Crippen molar-refractivity contribution in [3.63, 3.8) is 0 Å². The predicted molar refractivity (Wildman–Crippen MR) is 123 cm³/mol. The summed E-state index contributed by atoms with van der Waals surface area (Å²) in [7, 11) is 0. The zero-order chi connectivity index (χ0) is 22.4. The second kappa shape index (κ2) is 29.4. The van der Waals surface area contributed by atoms with Crippen molar-refractivity contribution in [1.29, 1.82) is 10.8 Å². The molecule has 0 aliphatic rings. The Bertz CT molecular complexity index is 584. The zero-order valence-electron chi connectivity index (χ0n) is 16.7. The van der Waals surface area contributed by atoms with Gasteiger partial charge in [-0.1, -0.05) is 146 Å². The normalized spacial score (nSPS) is 6.93. The first-order chi connectivity index (χ1) is 14.8. The number of benzene rings is 4. The summed E-state index contributed by atoms with van der Waals surface area (Å²) in [5, 5.41) is 10.8. The molecule has 2 N–H and O–H groups in total. The Morgan fingerprint density at radius 1 is 0.267 bits per heavy atom. The molecule has 0 aromatic heterocycles. The molecule has 0 aliphatic carbocycles. The van der Waals surface area contributed by atoms with Crippen LogP contribution in [0.4, 0.5) is 0 Å². The lowest BCUT2D eigenvalue weighted by atomic mass is 10.4. The van der Waals surface area contributed by atoms with Crippen molar-refractivity contribution in [3.05, 3.63) is 146 Å². The van der Waals surface area contributed by atoms with E-state index in [9.17, 15) is 0 Å². The summed E-state index contributed by atoms with van der Waals surface area (Å²) in [4.78, 5) is 16.7. The van der Waals surface area contributed by atoms with E-state index in [-0.39, 0.29) is 0 Å². The molecule has 4 aromatic rings. The fourth-order valence-electron chi connectivity index (χ4n) is 1.54. The molecule has 0 saturated carbocycles. The molecule has 0 saturated heterocycles. The highest BCUT2D eigenvalue weighted by atomic mass is 16.1. The molecule has 152 valence electrons. The van der Waals surface area contributed by atoms with Crippen LogP contribution in [0.2, 0.25) is 0 Å². The van der Waals surface area contributed by atoms with Crippen LogP contribution in [0.5, 0.6) is 0 Å². The maximum Gasteiger partial charge on any atom is 0.231 e. The minimum Gasteiger partial charge on any atom is -0.222 e. The molecule has 0 heterocycles. The molecule has 4 rings (SSSR count). The van der Waals surface area contributed by atoms with E-state index in [1.165, 1.54) is 0 Å². The highest BCUT2D eigenvalue weighted by molar-refractivity contribution is 5.26. The summed E-state index contributed by atoms with van der Waals surface area (Å²) >= 11 is 0. The van der Waals surface area contributed by atoms with Crippen LogP contribution in [0.25, 0.3) is 0 Å². The Morgan fingerprint density at radius 2 is 0.300 bits per heavy atom. The van der Waals surface area contributed by atoms with E-state index in [0.717, 1.165) is 12.2 Å². The van der Waals surface area contributed by atoms with Gasteiger partial charge in [-0.2, -0.15) is 0 Å². The van der Waals surface area contributed by atoms with Crippen LogP contribution in [0.15, 0.2) is 146 Å². The smallest absolute Gasteiger partial charge is 0.222 e. The zero-order valence-corrected chi connectivity index (χ0v) is 16.7. The standard InChI is InChI=1S/4C6H6.2CHNO/c4*1-2-4-6-5-3-1;2*2-1-3/h4*1-6H;2*2H. The first-order valence-corrected chi connectivity index (χ1v) is 8.91. The van der Waals surface area contributed by atoms with Gasteiger partial charge in [0.2, 0.25) is 12.2 Å². The van der Waals surface area contributed by atoms with Crippen LogP contribution in [0.3, 0.4) is 0 Å². The van der Waals surface area contributed by atoms with Crippen LogP contribution in [0.1, 0.15) is 0 Å². The predicted octanol–water partition coefficient (Wildman–Crippen LogP) is 6.55. The minimum absolute atomic E-state index is 0.750. The highest BCUT2D eigenvalue weighted by Gasteiger charge is 1.59. The molecule has 0 amide bonds. The Balaban J connectivity index is 0. The van der Waals surface area contributed by atoms with Crippen molar-refractivity contribution in [2.45, 2.75) is 0 Å². The van der Waals surface area contributed by atoms with Crippen LogP contribution in [0, 0.1) is 10.8 Å². The van der Waals surface area contributed by atoms with Crippen molar-refractivity contribution < 1.29 is 9.59 Å². The fourth-order valence-corrected chi connectivity index (χ4v) is 1.54. The first-order valence-electron chi connectivity index (χ1n) is 8.91. The van der Waals surface area contributed by atoms with E-state index in [0.29, 0.717) is 0 Å². The van der Waals surface area contributed by atoms with Gasteiger partial charge in [0.1, 0.15) is 0 Å². The number of rotatable bonds is 0. The Hall–Kier alpha value is -4.36. The highest BCUT2D eigenvalue weighted by Crippen LogP contribution is 1.81. The van der Waals surface area contributed by atoms with E-state index in [4.69, 9.17) is 20.4 Å². The second-order valence-electron chi connectivity index (χ2n) is 4.82. The molecule has 0 atom stereocenters. The number of nitrogens with one attached hydrogen (secondary N) is 2. The molecule has 30 heavy (non-hydrogen) atoms. The summed E-state index contributed by atoms with van der Waals surface area (Å²) in [6.45, 7) is 0. The van der Waals surface area contributed by atoms with E-state index in [1.807, 2.05) is 146 Å². The van der Waals surface area contributed by atoms with Gasteiger partial charge in [0.05, 0.1) is 0 Å². The maximum absolute atomic E-state index is 8.35. The van der Waals surface area contributed by atoms with Crippen molar-refractivity contribution in [2.75, 3.05) is 0 Å². The van der Waals surface area contributed by atoms with Crippen molar-refractivity contribution in [3.8, 4) is 0 Å². The summed E-state index contributed by atoms with van der Waals surface area (Å²) in [6, 6.07) is 48.0. The van der Waals surface area contributed by atoms with Gasteiger partial charge < -0.3 is 0 Å². The summed E-state index contributed by atoms with van der Waals surface area (Å²) in [5.41, 5.74) is 0. The van der Waals surface area contributed by atoms with Crippen molar-refractivity contribution in [1.82, 2.24) is 0 Å². The number of isocyanates is 2. The van der Waals surface area contributed by atoms with E-state index in [2.05, 4.69) is 0 Å². The average molecular weight is 399 g/mol. The van der Waals surface area contributed by atoms with Gasteiger partial charge in [-0.25, -0.2) is 20.4 Å². The lowest BCUT2D eigenvalue weighted by Crippen LogP contribution is -1.47. The third-order valence-electron chi connectivity index (χ3n) is 2.67. The van der Waals surface area contributed by atoms with Gasteiger partial charge in [0.15, 0.2) is 0 Å². The molecular formula is C26H26N2O2. The fraction of sp³-hybridized carbons (Fsp3) is 0. The van der Waals surface area contributed by atoms with Gasteiger partial charge in [-0.3, -0.25) is 0 Å². The number of carbonyl (C=O) groups excluding carboxylic acids is 2. The van der Waals surface area contributed by atoms with Gasteiger partial charge in [-0.05, 0) is 0 Å². The molecule has 4 nitrogen and oxygen atoms in total. The minimum atomic E-state index is 0.750. The molecule has 0 unspecified atom stereocenters. The number of hydrogen-bond donors (Lipinski definition) is 2. The first kappa shape index (κ1) is 27.9. The SMILES string of the molecule is N=C=O.N=C=O.c1ccccc1.c1ccccc1.c1ccccc1.c1ccccc1. The molecule has 0 aliphatic heterocycles. The third kappa shape index (κ3) is 31.4. The lowest BCUT2D eigenvalue weighted by Gasteiger charge is -1.69. The van der Waals surface area contributed by atoms with E-state index < -0.39 is 0 Å². The van der Waals surface area contributed by atoms with Gasteiger partial charge >= 0.3 is 0 Å². The molecular weight excluding hydrogens is 372 g/mol. The molecule has 0 spiro atoms. The summed E-state index contributed by atoms with van der Waals surface area (Å²) in [5.74, 6) is 0. The average Bonchev–Trinajstić information content (AvgIpc) is 2.86. The Kier molecular flexibility index (Phi) is 27.3. The molecule has 0 fully saturated rings. The van der Waals surface area contributed by atoms with Crippen LogP contribution >= 0.6 is 0 Å². The topological polar surface area (TPSA) is 81.8 Å². The van der Waals surface area contributed by atoms with Gasteiger partial charge in [-0.15, -0.1) is 0 Å². The Morgan fingerprint density at radius 3 is 0.333 bits per heavy atom. The van der Waals surface area contributed by atoms with Crippen LogP contribution in [-0.2, 0) is 9.59 Å². The van der Waals surface area contributed by atoms with Crippen molar-refractivity contribution >= 4 is 12.2 Å². The van der Waals surface area contributed by atoms with E-state index in [1.54, 1.807) is 0 Å². The van der Waals surface area contributed by atoms with Crippen LogP contribution in [-0.4, -0.2) is 12.2 Å². The lowest BCUT2D eigenvalue weighted by molar-refractivity contribution is 0.562. The summed E-state index contributed by atoms with van der Waals surface area (Å²) in [6.07, 6.45) is 1.50. The summed E-state index contributed by atoms with van der Waals surface area (Å²) < 4.78 is 0. The van der Waals surface area contributed by atoms with Gasteiger partial charge in [0.25, 0.3) is 0 Å². The number of hydrogen-bond acceptors (Lipinski definition) is 4. The van der Waals surface area contributed by atoms with Crippen LogP contribution < -0.4 is 0 Å². The second-order valence-corrected chi connectivity index (χ2v) is 4.82. The monoisotopic (exact) mass is 398 g/mol.